The molecule has 4 rings (SSSR count). The van der Waals surface area contributed by atoms with Gasteiger partial charge in [0.05, 0.1) is 5.41 Å². The minimum Gasteiger partial charge on any atom is -0.358 e. The maximum atomic E-state index is 12.8. The van der Waals surface area contributed by atoms with Crippen molar-refractivity contribution < 1.29 is 33.0 Å². The van der Waals surface area contributed by atoms with E-state index in [1.54, 1.807) is 24.3 Å². The van der Waals surface area contributed by atoms with Gasteiger partial charge in [-0.1, -0.05) is 68.5 Å². The molecule has 10 heteroatoms. The zero-order chi connectivity index (χ0) is 22.3. The van der Waals surface area contributed by atoms with Crippen molar-refractivity contribution in [3.8, 4) is 11.5 Å². The number of hydrogen-bond donors (Lipinski definition) is 0. The van der Waals surface area contributed by atoms with Gasteiger partial charge in [0.1, 0.15) is 11.5 Å². The summed E-state index contributed by atoms with van der Waals surface area (Å²) in [6.07, 6.45) is 3.85. The molecule has 160 valence electrons. The van der Waals surface area contributed by atoms with Crippen LogP contribution in [-0.4, -0.2) is 16.8 Å². The zero-order valence-electron chi connectivity index (χ0n) is 15.6. The van der Waals surface area contributed by atoms with E-state index in [0.717, 1.165) is 11.1 Å². The summed E-state index contributed by atoms with van der Waals surface area (Å²) >= 11 is 0. The molecule has 0 aromatic heterocycles. The molecule has 0 saturated heterocycles. The van der Waals surface area contributed by atoms with Gasteiger partial charge < -0.3 is 8.37 Å². The standard InChI is InChI=1S/C21H14F2O6S2/c22-30(24,25)28-18-9-5-16(6-10-18)21(14-13-15-3-1-2-4-20(15)21)17-7-11-19(12-8-17)29-31(23,26)27/h1-14H. The van der Waals surface area contributed by atoms with Crippen LogP contribution in [-0.2, 0) is 26.4 Å². The predicted molar refractivity (Wildman–Crippen MR) is 110 cm³/mol. The lowest BCUT2D eigenvalue weighted by molar-refractivity contribution is 0.438. The van der Waals surface area contributed by atoms with E-state index in [1.165, 1.54) is 24.3 Å². The molecule has 0 spiro atoms. The van der Waals surface area contributed by atoms with Crippen molar-refractivity contribution in [2.24, 2.45) is 0 Å². The van der Waals surface area contributed by atoms with Crippen LogP contribution in [0.25, 0.3) is 6.08 Å². The van der Waals surface area contributed by atoms with E-state index in [0.29, 0.717) is 11.1 Å². The van der Waals surface area contributed by atoms with Gasteiger partial charge in [-0.3, -0.25) is 0 Å². The quantitative estimate of drug-likeness (QED) is 0.508. The van der Waals surface area contributed by atoms with Gasteiger partial charge in [0.2, 0.25) is 0 Å². The van der Waals surface area contributed by atoms with Gasteiger partial charge in [-0.15, -0.1) is 0 Å². The molecule has 0 fully saturated rings. The van der Waals surface area contributed by atoms with E-state index in [2.05, 4.69) is 8.37 Å². The molecule has 0 heterocycles. The third-order valence-corrected chi connectivity index (χ3v) is 5.69. The Kier molecular flexibility index (Phi) is 5.06. The second-order valence-corrected chi connectivity index (χ2v) is 8.64. The topological polar surface area (TPSA) is 86.7 Å². The van der Waals surface area contributed by atoms with Crippen molar-refractivity contribution in [3.05, 3.63) is 101 Å². The fourth-order valence-electron chi connectivity index (χ4n) is 3.75. The zero-order valence-corrected chi connectivity index (χ0v) is 17.2. The van der Waals surface area contributed by atoms with Gasteiger partial charge in [0, 0.05) is 0 Å². The molecule has 0 N–H and O–H groups in total. The first-order valence-corrected chi connectivity index (χ1v) is 11.5. The second kappa shape index (κ2) is 7.47. The molecule has 0 unspecified atom stereocenters. The Hall–Kier alpha value is -3.24. The summed E-state index contributed by atoms with van der Waals surface area (Å²) in [5.74, 6) is -0.373. The van der Waals surface area contributed by atoms with Crippen molar-refractivity contribution in [1.82, 2.24) is 0 Å². The van der Waals surface area contributed by atoms with E-state index in [-0.39, 0.29) is 11.5 Å². The fourth-order valence-corrected chi connectivity index (χ4v) is 4.43. The molecular weight excluding hydrogens is 450 g/mol. The van der Waals surface area contributed by atoms with Crippen LogP contribution in [0.5, 0.6) is 11.5 Å². The van der Waals surface area contributed by atoms with Crippen molar-refractivity contribution in [3.63, 3.8) is 0 Å². The second-order valence-electron chi connectivity index (χ2n) is 6.73. The van der Waals surface area contributed by atoms with Crippen LogP contribution >= 0.6 is 0 Å². The Morgan fingerprint density at radius 1 is 0.645 bits per heavy atom. The normalized spacial score (nSPS) is 14.8. The molecule has 0 saturated carbocycles. The lowest BCUT2D eigenvalue weighted by atomic mass is 9.71. The number of hydrogen-bond acceptors (Lipinski definition) is 6. The van der Waals surface area contributed by atoms with Gasteiger partial charge in [0.25, 0.3) is 0 Å². The Bertz CT molecular complexity index is 1290. The maximum Gasteiger partial charge on any atom is 0.488 e. The monoisotopic (exact) mass is 464 g/mol. The van der Waals surface area contributed by atoms with E-state index in [1.807, 2.05) is 36.4 Å². The number of benzene rings is 3. The third kappa shape index (κ3) is 4.30. The van der Waals surface area contributed by atoms with Crippen LogP contribution in [0.1, 0.15) is 22.3 Å². The summed E-state index contributed by atoms with van der Waals surface area (Å²) in [7, 11) is -10.3. The molecule has 0 radical (unpaired) electrons. The fraction of sp³-hybridized carbons (Fsp3) is 0.0476. The largest absolute Gasteiger partial charge is 0.488 e. The number of halogens is 2. The minimum atomic E-state index is -5.15. The predicted octanol–water partition coefficient (Wildman–Crippen LogP) is 4.23. The van der Waals surface area contributed by atoms with Gasteiger partial charge in [-0.2, -0.15) is 16.8 Å². The molecule has 31 heavy (non-hydrogen) atoms. The molecule has 0 atom stereocenters. The van der Waals surface area contributed by atoms with Gasteiger partial charge in [0.15, 0.2) is 0 Å². The molecule has 0 aliphatic heterocycles. The lowest BCUT2D eigenvalue weighted by Crippen LogP contribution is -2.25. The average molecular weight is 464 g/mol. The first-order chi connectivity index (χ1) is 14.6. The van der Waals surface area contributed by atoms with Crippen LogP contribution in [0, 0.1) is 0 Å². The van der Waals surface area contributed by atoms with E-state index < -0.39 is 26.4 Å². The molecule has 3 aromatic carbocycles. The van der Waals surface area contributed by atoms with E-state index in [4.69, 9.17) is 0 Å². The van der Waals surface area contributed by atoms with Crippen LogP contribution in [0.2, 0.25) is 0 Å². The maximum absolute atomic E-state index is 12.8. The first kappa shape index (κ1) is 21.0. The van der Waals surface area contributed by atoms with E-state index in [9.17, 15) is 24.6 Å². The highest BCUT2D eigenvalue weighted by Gasteiger charge is 2.38. The Labute approximate surface area is 178 Å². The van der Waals surface area contributed by atoms with Crippen molar-refractivity contribution in [2.75, 3.05) is 0 Å². The first-order valence-electron chi connectivity index (χ1n) is 8.85. The molecule has 0 bridgehead atoms. The Morgan fingerprint density at radius 3 is 1.55 bits per heavy atom. The van der Waals surface area contributed by atoms with Crippen molar-refractivity contribution in [1.29, 1.82) is 0 Å². The number of rotatable bonds is 6. The molecule has 1 aliphatic rings. The summed E-state index contributed by atoms with van der Waals surface area (Å²) in [5, 5.41) is 0. The average Bonchev–Trinajstić information content (AvgIpc) is 3.07. The third-order valence-electron chi connectivity index (χ3n) is 4.91. The molecular formula is C21H14F2O6S2. The van der Waals surface area contributed by atoms with Crippen LogP contribution < -0.4 is 8.37 Å². The number of fused-ring (bicyclic) bond motifs is 1. The van der Waals surface area contributed by atoms with Crippen LogP contribution in [0.4, 0.5) is 7.77 Å². The Morgan fingerprint density at radius 2 is 1.10 bits per heavy atom. The molecule has 0 amide bonds. The summed E-state index contributed by atoms with van der Waals surface area (Å²) in [6, 6.07) is 19.3. The summed E-state index contributed by atoms with van der Waals surface area (Å²) in [5.41, 5.74) is 2.46. The molecule has 3 aromatic rings. The smallest absolute Gasteiger partial charge is 0.358 e. The number of allylic oxidation sites excluding steroid dienone is 1. The van der Waals surface area contributed by atoms with Crippen molar-refractivity contribution in [2.45, 2.75) is 5.41 Å². The van der Waals surface area contributed by atoms with Crippen LogP contribution in [0.3, 0.4) is 0 Å². The van der Waals surface area contributed by atoms with Gasteiger partial charge in [-0.25, -0.2) is 0 Å². The minimum absolute atomic E-state index is 0.187. The highest BCUT2D eigenvalue weighted by atomic mass is 32.3. The van der Waals surface area contributed by atoms with Crippen molar-refractivity contribution >= 4 is 27.1 Å². The summed E-state index contributed by atoms with van der Waals surface area (Å²) in [4.78, 5) is 0. The lowest BCUT2D eigenvalue weighted by Gasteiger charge is -2.31. The van der Waals surface area contributed by atoms with Gasteiger partial charge in [-0.05, 0) is 46.5 Å². The molecule has 6 nitrogen and oxygen atoms in total. The summed E-state index contributed by atoms with van der Waals surface area (Å²) in [6.45, 7) is 0. The Balaban J connectivity index is 1.83. The SMILES string of the molecule is O=S(=O)(F)Oc1ccc(C2(c3ccc(OS(=O)(=O)F)cc3)C=Cc3ccccc32)cc1. The van der Waals surface area contributed by atoms with E-state index >= 15 is 0 Å². The van der Waals surface area contributed by atoms with Gasteiger partial charge >= 0.3 is 21.0 Å². The van der Waals surface area contributed by atoms with Crippen LogP contribution in [0.15, 0.2) is 78.9 Å². The highest BCUT2D eigenvalue weighted by molar-refractivity contribution is 7.82. The highest BCUT2D eigenvalue weighted by Crippen LogP contribution is 2.47. The molecule has 1 aliphatic carbocycles. The summed E-state index contributed by atoms with van der Waals surface area (Å²) < 4.78 is 77.1.